The summed E-state index contributed by atoms with van der Waals surface area (Å²) in [5.74, 6) is -0.0440. The van der Waals surface area contributed by atoms with Crippen LogP contribution in [0.3, 0.4) is 0 Å². The number of morpholine rings is 1. The van der Waals surface area contributed by atoms with Gasteiger partial charge in [-0.15, -0.1) is 0 Å². The maximum absolute atomic E-state index is 13.0. The molecule has 4 aromatic rings. The average molecular weight is 595 g/mol. The second-order valence-corrected chi connectivity index (χ2v) is 11.6. The summed E-state index contributed by atoms with van der Waals surface area (Å²) in [7, 11) is 0. The summed E-state index contributed by atoms with van der Waals surface area (Å²) < 4.78 is 7.83. The van der Waals surface area contributed by atoms with Gasteiger partial charge < -0.3 is 29.7 Å². The van der Waals surface area contributed by atoms with Crippen LogP contribution in [0.2, 0.25) is 0 Å². The first kappa shape index (κ1) is 28.9. The molecule has 0 unspecified atom stereocenters. The van der Waals surface area contributed by atoms with Crippen molar-refractivity contribution in [2.45, 2.75) is 39.3 Å². The Labute approximate surface area is 258 Å². The predicted molar refractivity (Wildman–Crippen MR) is 175 cm³/mol. The minimum absolute atomic E-state index is 0.0440. The van der Waals surface area contributed by atoms with E-state index in [0.717, 1.165) is 65.9 Å². The fraction of sp³-hybridized carbons (Fsp3) is 0.324. The van der Waals surface area contributed by atoms with Crippen LogP contribution in [0.5, 0.6) is 0 Å². The average Bonchev–Trinajstić information content (AvgIpc) is 3.52. The van der Waals surface area contributed by atoms with Crippen molar-refractivity contribution in [3.63, 3.8) is 0 Å². The summed E-state index contributed by atoms with van der Waals surface area (Å²) in [6, 6.07) is 24.6. The number of amides is 1. The van der Waals surface area contributed by atoms with Gasteiger partial charge in [-0.1, -0.05) is 23.8 Å². The van der Waals surface area contributed by atoms with E-state index < -0.39 is 0 Å². The van der Waals surface area contributed by atoms with E-state index >= 15 is 0 Å². The normalized spacial score (nSPS) is 18.5. The molecule has 43 heavy (non-hydrogen) atoms. The number of hydrogen-bond donors (Lipinski definition) is 2. The standard InChI is InChI=1S/C34H38N6O2S/c1-23-7-9-26(10-8-23)36-31(41)15-17-39-33(32(37-34(39)43)30-6-4-5-16-35-30)29-22-24(2)40(25(29)3)28-13-11-27(12-14-28)38-18-20-42-21-19-38/h4-14,16,22,32-33H,15,17-21H2,1-3H3,(H,36,41)(H,37,43)/t32-,33-/m1/s1. The molecule has 0 radical (unpaired) electrons. The highest BCUT2D eigenvalue weighted by Gasteiger charge is 2.41. The Balaban J connectivity index is 1.28. The first-order valence-electron chi connectivity index (χ1n) is 14.9. The van der Waals surface area contributed by atoms with E-state index in [1.165, 1.54) is 5.69 Å². The topological polar surface area (TPSA) is 74.7 Å². The largest absolute Gasteiger partial charge is 0.378 e. The lowest BCUT2D eigenvalue weighted by Crippen LogP contribution is -2.36. The molecule has 2 N–H and O–H groups in total. The molecular weight excluding hydrogens is 556 g/mol. The van der Waals surface area contributed by atoms with Crippen molar-refractivity contribution in [2.24, 2.45) is 0 Å². The molecule has 4 heterocycles. The molecule has 0 bridgehead atoms. The van der Waals surface area contributed by atoms with Gasteiger partial charge in [0.1, 0.15) is 0 Å². The van der Waals surface area contributed by atoms with Crippen LogP contribution in [-0.4, -0.2) is 58.3 Å². The highest BCUT2D eigenvalue weighted by molar-refractivity contribution is 7.80. The lowest BCUT2D eigenvalue weighted by Gasteiger charge is -2.29. The van der Waals surface area contributed by atoms with Crippen molar-refractivity contribution >= 4 is 34.6 Å². The quantitative estimate of drug-likeness (QED) is 0.256. The van der Waals surface area contributed by atoms with E-state index in [9.17, 15) is 4.79 Å². The van der Waals surface area contributed by atoms with Gasteiger partial charge in [-0.05, 0) is 93.1 Å². The van der Waals surface area contributed by atoms with Crippen LogP contribution < -0.4 is 15.5 Å². The first-order chi connectivity index (χ1) is 20.9. The summed E-state index contributed by atoms with van der Waals surface area (Å²) in [5.41, 5.74) is 8.64. The van der Waals surface area contributed by atoms with E-state index in [1.54, 1.807) is 0 Å². The Kier molecular flexibility index (Phi) is 8.44. The third-order valence-corrected chi connectivity index (χ3v) is 8.74. The summed E-state index contributed by atoms with van der Waals surface area (Å²) in [4.78, 5) is 22.2. The van der Waals surface area contributed by atoms with Gasteiger partial charge in [0.05, 0.1) is 31.0 Å². The number of anilines is 2. The van der Waals surface area contributed by atoms with Gasteiger partial charge in [0.2, 0.25) is 5.91 Å². The Morgan fingerprint density at radius 2 is 1.72 bits per heavy atom. The summed E-state index contributed by atoms with van der Waals surface area (Å²) in [5, 5.41) is 7.18. The van der Waals surface area contributed by atoms with Crippen molar-refractivity contribution in [3.8, 4) is 5.69 Å². The Bertz CT molecular complexity index is 1580. The van der Waals surface area contributed by atoms with Gasteiger partial charge in [0.25, 0.3) is 0 Å². The van der Waals surface area contributed by atoms with Crippen molar-refractivity contribution in [2.75, 3.05) is 43.1 Å². The maximum atomic E-state index is 13.0. The monoisotopic (exact) mass is 594 g/mol. The number of nitrogens with zero attached hydrogens (tertiary/aromatic N) is 4. The first-order valence-corrected chi connectivity index (χ1v) is 15.3. The zero-order valence-corrected chi connectivity index (χ0v) is 25.7. The molecule has 222 valence electrons. The van der Waals surface area contributed by atoms with Crippen molar-refractivity contribution in [1.29, 1.82) is 0 Å². The number of carbonyl (C=O) groups excluding carboxylic acids is 1. The third-order valence-electron chi connectivity index (χ3n) is 8.39. The van der Waals surface area contributed by atoms with E-state index in [4.69, 9.17) is 17.0 Å². The van der Waals surface area contributed by atoms with Gasteiger partial charge in [-0.3, -0.25) is 9.78 Å². The molecule has 2 aliphatic heterocycles. The van der Waals surface area contributed by atoms with Crippen LogP contribution >= 0.6 is 12.2 Å². The fourth-order valence-corrected chi connectivity index (χ4v) is 6.52. The van der Waals surface area contributed by atoms with Crippen LogP contribution in [0.15, 0.2) is 79.0 Å². The van der Waals surface area contributed by atoms with Crippen LogP contribution in [0, 0.1) is 20.8 Å². The van der Waals surface area contributed by atoms with Crippen molar-refractivity contribution < 1.29 is 9.53 Å². The zero-order chi connectivity index (χ0) is 29.9. The molecule has 2 aromatic carbocycles. The number of benzene rings is 2. The van der Waals surface area contributed by atoms with E-state index in [1.807, 2.05) is 55.6 Å². The number of carbonyl (C=O) groups is 1. The molecule has 2 atom stereocenters. The highest BCUT2D eigenvalue weighted by Crippen LogP contribution is 2.41. The molecule has 0 aliphatic carbocycles. The van der Waals surface area contributed by atoms with Gasteiger partial charge in [0, 0.05) is 60.7 Å². The number of aryl methyl sites for hydroxylation is 2. The summed E-state index contributed by atoms with van der Waals surface area (Å²) in [6.45, 7) is 10.2. The van der Waals surface area contributed by atoms with Crippen molar-refractivity contribution in [1.82, 2.24) is 19.8 Å². The molecular formula is C34H38N6O2S. The molecule has 1 amide bonds. The second kappa shape index (κ2) is 12.6. The zero-order valence-electron chi connectivity index (χ0n) is 24.9. The molecule has 8 nitrogen and oxygen atoms in total. The predicted octanol–water partition coefficient (Wildman–Crippen LogP) is 5.64. The third kappa shape index (κ3) is 6.14. The molecule has 0 saturated carbocycles. The van der Waals surface area contributed by atoms with Gasteiger partial charge in [-0.25, -0.2) is 0 Å². The number of rotatable bonds is 8. The van der Waals surface area contributed by atoms with Gasteiger partial charge >= 0.3 is 0 Å². The van der Waals surface area contributed by atoms with Crippen molar-refractivity contribution in [3.05, 3.63) is 107 Å². The number of thiocarbonyl (C=S) groups is 1. The molecule has 2 fully saturated rings. The number of ether oxygens (including phenoxy) is 1. The van der Waals surface area contributed by atoms with E-state index in [0.29, 0.717) is 18.1 Å². The maximum Gasteiger partial charge on any atom is 0.226 e. The second-order valence-electron chi connectivity index (χ2n) is 11.3. The number of aromatic nitrogens is 2. The van der Waals surface area contributed by atoms with Crippen LogP contribution in [0.4, 0.5) is 11.4 Å². The smallest absolute Gasteiger partial charge is 0.226 e. The van der Waals surface area contributed by atoms with Crippen LogP contribution in [0.1, 0.15) is 46.7 Å². The molecule has 9 heteroatoms. The molecule has 2 saturated heterocycles. The molecule has 6 rings (SSSR count). The van der Waals surface area contributed by atoms with Crippen LogP contribution in [-0.2, 0) is 9.53 Å². The molecule has 2 aliphatic rings. The van der Waals surface area contributed by atoms with Gasteiger partial charge in [0.15, 0.2) is 5.11 Å². The minimum Gasteiger partial charge on any atom is -0.378 e. The number of nitrogens with one attached hydrogen (secondary N) is 2. The minimum atomic E-state index is -0.147. The van der Waals surface area contributed by atoms with Gasteiger partial charge in [-0.2, -0.15) is 0 Å². The van der Waals surface area contributed by atoms with E-state index in [-0.39, 0.29) is 18.0 Å². The SMILES string of the molecule is Cc1ccc(NC(=O)CCN2C(=S)N[C@H](c3ccccn3)[C@H]2c2cc(C)n(-c3ccc(N4CCOCC4)cc3)c2C)cc1. The number of hydrogen-bond acceptors (Lipinski definition) is 5. The molecule has 0 spiro atoms. The summed E-state index contributed by atoms with van der Waals surface area (Å²) in [6.07, 6.45) is 2.12. The Hall–Kier alpha value is -4.21. The Morgan fingerprint density at radius 3 is 2.42 bits per heavy atom. The fourth-order valence-electron chi connectivity index (χ4n) is 6.19. The lowest BCUT2D eigenvalue weighted by molar-refractivity contribution is -0.116. The van der Waals surface area contributed by atoms with Crippen LogP contribution in [0.25, 0.3) is 5.69 Å². The number of pyridine rings is 1. The lowest BCUT2D eigenvalue weighted by atomic mass is 9.96. The molecule has 2 aromatic heterocycles. The Morgan fingerprint density at radius 1 is 1.00 bits per heavy atom. The van der Waals surface area contributed by atoms with E-state index in [2.05, 4.69) is 74.2 Å². The highest BCUT2D eigenvalue weighted by atomic mass is 32.1. The summed E-state index contributed by atoms with van der Waals surface area (Å²) >= 11 is 5.88.